The number of rotatable bonds is 5. The Balaban J connectivity index is 2.52. The molecule has 0 aromatic heterocycles. The Kier molecular flexibility index (Phi) is 5.62. The summed E-state index contributed by atoms with van der Waals surface area (Å²) in [7, 11) is 0.965. The summed E-state index contributed by atoms with van der Waals surface area (Å²) < 4.78 is 85.6. The zero-order valence-electron chi connectivity index (χ0n) is 13.3. The van der Waals surface area contributed by atoms with E-state index in [1.165, 1.54) is 0 Å². The molecule has 5 nitrogen and oxygen atoms in total. The van der Waals surface area contributed by atoms with Crippen LogP contribution in [0.3, 0.4) is 0 Å². The lowest BCUT2D eigenvalue weighted by atomic mass is 10.1. The highest BCUT2D eigenvalue weighted by Crippen LogP contribution is 2.33. The molecule has 0 aliphatic rings. The van der Waals surface area contributed by atoms with E-state index < -0.39 is 58.0 Å². The highest BCUT2D eigenvalue weighted by Gasteiger charge is 2.33. The van der Waals surface area contributed by atoms with Gasteiger partial charge in [-0.25, -0.2) is 18.0 Å². The molecule has 0 aliphatic heterocycles. The number of ether oxygens (including phenoxy) is 2. The van der Waals surface area contributed by atoms with E-state index in [2.05, 4.69) is 14.8 Å². The Morgan fingerprint density at radius 3 is 2.26 bits per heavy atom. The first-order valence-electron chi connectivity index (χ1n) is 6.95. The van der Waals surface area contributed by atoms with Crippen LogP contribution < -0.4 is 10.1 Å². The molecule has 0 aliphatic carbocycles. The summed E-state index contributed by atoms with van der Waals surface area (Å²) in [5, 5.41) is 2.29. The standard InChI is InChI=1S/C16H9F6NO4/c1-26-15(25)7-4-9(17)10(18)5-12(7)23-11-2-3-13(27-16(20,21)22)14(19)8(11)6-24/h2-6,23H,1H3. The van der Waals surface area contributed by atoms with Gasteiger partial charge in [0.15, 0.2) is 29.5 Å². The normalized spacial score (nSPS) is 11.1. The van der Waals surface area contributed by atoms with Crippen LogP contribution in [0.15, 0.2) is 24.3 Å². The van der Waals surface area contributed by atoms with Crippen molar-refractivity contribution < 1.29 is 45.4 Å². The predicted octanol–water partition coefficient (Wildman–Crippen LogP) is 4.35. The fourth-order valence-electron chi connectivity index (χ4n) is 2.07. The molecule has 1 N–H and O–H groups in total. The van der Waals surface area contributed by atoms with Gasteiger partial charge in [0.1, 0.15) is 0 Å². The van der Waals surface area contributed by atoms with Crippen LogP contribution in [0.4, 0.5) is 37.7 Å². The number of benzene rings is 2. The predicted molar refractivity (Wildman–Crippen MR) is 79.5 cm³/mol. The van der Waals surface area contributed by atoms with Gasteiger partial charge < -0.3 is 14.8 Å². The summed E-state index contributed by atoms with van der Waals surface area (Å²) in [6, 6.07) is 2.43. The molecule has 0 amide bonds. The second-order valence-electron chi connectivity index (χ2n) is 4.93. The van der Waals surface area contributed by atoms with E-state index in [1.807, 2.05) is 0 Å². The molecule has 0 saturated carbocycles. The van der Waals surface area contributed by atoms with Crippen molar-refractivity contribution >= 4 is 23.6 Å². The summed E-state index contributed by atoms with van der Waals surface area (Å²) >= 11 is 0. The van der Waals surface area contributed by atoms with Crippen molar-refractivity contribution in [1.29, 1.82) is 0 Å². The SMILES string of the molecule is COC(=O)c1cc(F)c(F)cc1Nc1ccc(OC(F)(F)F)c(F)c1C=O. The molecular weight excluding hydrogens is 384 g/mol. The molecule has 0 bridgehead atoms. The van der Waals surface area contributed by atoms with Crippen LogP contribution in [0.2, 0.25) is 0 Å². The van der Waals surface area contributed by atoms with Crippen molar-refractivity contribution in [3.63, 3.8) is 0 Å². The highest BCUT2D eigenvalue weighted by molar-refractivity contribution is 5.97. The number of methoxy groups -OCH3 is 1. The van der Waals surface area contributed by atoms with Crippen molar-refractivity contribution in [2.24, 2.45) is 0 Å². The minimum Gasteiger partial charge on any atom is -0.465 e. The third-order valence-corrected chi connectivity index (χ3v) is 3.22. The highest BCUT2D eigenvalue weighted by atomic mass is 19.4. The van der Waals surface area contributed by atoms with Gasteiger partial charge in [-0.1, -0.05) is 0 Å². The van der Waals surface area contributed by atoms with Crippen LogP contribution in [-0.2, 0) is 4.74 Å². The second-order valence-corrected chi connectivity index (χ2v) is 4.93. The van der Waals surface area contributed by atoms with Crippen molar-refractivity contribution in [3.8, 4) is 5.75 Å². The maximum atomic E-state index is 14.1. The number of hydrogen-bond donors (Lipinski definition) is 1. The van der Waals surface area contributed by atoms with Gasteiger partial charge >= 0.3 is 12.3 Å². The van der Waals surface area contributed by atoms with E-state index >= 15 is 0 Å². The first-order chi connectivity index (χ1) is 12.6. The third kappa shape index (κ3) is 4.49. The number of carbonyl (C=O) groups is 2. The maximum absolute atomic E-state index is 14.1. The van der Waals surface area contributed by atoms with Crippen molar-refractivity contribution in [3.05, 3.63) is 52.8 Å². The first-order valence-corrected chi connectivity index (χ1v) is 6.95. The lowest BCUT2D eigenvalue weighted by Gasteiger charge is -2.15. The summed E-state index contributed by atoms with van der Waals surface area (Å²) in [4.78, 5) is 22.8. The molecule has 0 spiro atoms. The fraction of sp³-hybridized carbons (Fsp3) is 0.125. The zero-order valence-corrected chi connectivity index (χ0v) is 13.3. The largest absolute Gasteiger partial charge is 0.573 e. The van der Waals surface area contributed by atoms with Gasteiger partial charge in [-0.3, -0.25) is 4.79 Å². The number of nitrogens with one attached hydrogen (secondary N) is 1. The molecule has 0 unspecified atom stereocenters. The Bertz CT molecular complexity index is 897. The van der Waals surface area contributed by atoms with Crippen LogP contribution >= 0.6 is 0 Å². The van der Waals surface area contributed by atoms with Gasteiger partial charge in [0.25, 0.3) is 0 Å². The van der Waals surface area contributed by atoms with Gasteiger partial charge in [-0.2, -0.15) is 0 Å². The summed E-state index contributed by atoms with van der Waals surface area (Å²) in [6.45, 7) is 0. The molecule has 0 heterocycles. The number of anilines is 2. The molecule has 2 rings (SSSR count). The molecular formula is C16H9F6NO4. The van der Waals surface area contributed by atoms with E-state index in [0.717, 1.165) is 13.2 Å². The smallest absolute Gasteiger partial charge is 0.465 e. The number of aldehydes is 1. The number of halogens is 6. The maximum Gasteiger partial charge on any atom is 0.573 e. The average molecular weight is 393 g/mol. The minimum atomic E-state index is -5.20. The van der Waals surface area contributed by atoms with E-state index in [1.54, 1.807) is 0 Å². The van der Waals surface area contributed by atoms with Gasteiger partial charge in [0.2, 0.25) is 0 Å². The van der Waals surface area contributed by atoms with E-state index in [9.17, 15) is 35.9 Å². The molecule has 27 heavy (non-hydrogen) atoms. The van der Waals surface area contributed by atoms with Gasteiger partial charge in [0.05, 0.1) is 29.6 Å². The monoisotopic (exact) mass is 393 g/mol. The van der Waals surface area contributed by atoms with Crippen molar-refractivity contribution in [1.82, 2.24) is 0 Å². The van der Waals surface area contributed by atoms with Crippen molar-refractivity contribution in [2.75, 3.05) is 12.4 Å². The van der Waals surface area contributed by atoms with Gasteiger partial charge in [0, 0.05) is 6.07 Å². The molecule has 0 fully saturated rings. The molecule has 2 aromatic rings. The molecule has 0 radical (unpaired) electrons. The molecule has 0 saturated heterocycles. The first kappa shape index (κ1) is 20.1. The lowest BCUT2D eigenvalue weighted by molar-refractivity contribution is -0.275. The molecule has 11 heteroatoms. The number of esters is 1. The average Bonchev–Trinajstić information content (AvgIpc) is 2.59. The van der Waals surface area contributed by atoms with Gasteiger partial charge in [-0.15, -0.1) is 13.2 Å². The van der Waals surface area contributed by atoms with E-state index in [0.29, 0.717) is 18.2 Å². The number of carbonyl (C=O) groups excluding carboxylic acids is 2. The minimum absolute atomic E-state index is 0.113. The van der Waals surface area contributed by atoms with E-state index in [-0.39, 0.29) is 6.29 Å². The second kappa shape index (κ2) is 7.56. The Morgan fingerprint density at radius 2 is 1.70 bits per heavy atom. The topological polar surface area (TPSA) is 64.6 Å². The quantitative estimate of drug-likeness (QED) is 0.465. The fourth-order valence-corrected chi connectivity index (χ4v) is 2.07. The van der Waals surface area contributed by atoms with Crippen molar-refractivity contribution in [2.45, 2.75) is 6.36 Å². The number of hydrogen-bond acceptors (Lipinski definition) is 5. The molecule has 0 atom stereocenters. The zero-order chi connectivity index (χ0) is 20.4. The van der Waals surface area contributed by atoms with Crippen LogP contribution in [-0.4, -0.2) is 25.7 Å². The summed E-state index contributed by atoms with van der Waals surface area (Å²) in [5.74, 6) is -6.75. The lowest BCUT2D eigenvalue weighted by Crippen LogP contribution is -2.18. The molecule has 144 valence electrons. The van der Waals surface area contributed by atoms with Gasteiger partial charge in [-0.05, 0) is 18.2 Å². The van der Waals surface area contributed by atoms with Crippen LogP contribution in [0.1, 0.15) is 20.7 Å². The Hall–Kier alpha value is -3.24. The molecule has 2 aromatic carbocycles. The third-order valence-electron chi connectivity index (χ3n) is 3.22. The summed E-state index contributed by atoms with van der Waals surface area (Å²) in [6.07, 6.45) is -5.31. The van der Waals surface area contributed by atoms with E-state index in [4.69, 9.17) is 0 Å². The summed E-state index contributed by atoms with van der Waals surface area (Å²) in [5.41, 5.74) is -2.22. The Morgan fingerprint density at radius 1 is 1.07 bits per heavy atom. The Labute approximate surface area is 147 Å². The van der Waals surface area contributed by atoms with Crippen LogP contribution in [0, 0.1) is 17.5 Å². The number of alkyl halides is 3. The van der Waals surface area contributed by atoms with Crippen LogP contribution in [0.25, 0.3) is 0 Å². The van der Waals surface area contributed by atoms with Crippen LogP contribution in [0.5, 0.6) is 5.75 Å².